The van der Waals surface area contributed by atoms with Gasteiger partial charge in [0, 0.05) is 24.0 Å². The van der Waals surface area contributed by atoms with E-state index in [1.807, 2.05) is 0 Å². The van der Waals surface area contributed by atoms with Crippen molar-refractivity contribution in [1.29, 1.82) is 0 Å². The van der Waals surface area contributed by atoms with Crippen LogP contribution in [-0.2, 0) is 6.54 Å². The minimum atomic E-state index is -0.393. The molecule has 1 aromatic carbocycles. The minimum Gasteiger partial charge on any atom is -0.298 e. The van der Waals surface area contributed by atoms with Crippen molar-refractivity contribution in [3.05, 3.63) is 35.4 Å². The van der Waals surface area contributed by atoms with E-state index in [0.717, 1.165) is 32.0 Å². The van der Waals surface area contributed by atoms with Gasteiger partial charge in [-0.25, -0.2) is 8.78 Å². The quantitative estimate of drug-likeness (QED) is 0.724. The van der Waals surface area contributed by atoms with Crippen LogP contribution in [0.3, 0.4) is 0 Å². The maximum atomic E-state index is 13.4. The molecule has 0 saturated carbocycles. The Bertz CT molecular complexity index is 370. The molecule has 0 bridgehead atoms. The molecule has 1 unspecified atom stereocenters. The van der Waals surface area contributed by atoms with E-state index in [1.54, 1.807) is 0 Å². The van der Waals surface area contributed by atoms with Gasteiger partial charge in [0.1, 0.15) is 11.6 Å². The molecule has 16 heavy (non-hydrogen) atoms. The molecule has 1 nitrogen and oxygen atoms in total. The Labute approximate surface area is 99.0 Å². The number of hydrogen-bond acceptors (Lipinski definition) is 1. The van der Waals surface area contributed by atoms with Crippen LogP contribution in [0.2, 0.25) is 0 Å². The van der Waals surface area contributed by atoms with Crippen molar-refractivity contribution >= 4 is 11.6 Å². The average Bonchev–Trinajstić information content (AvgIpc) is 2.24. The van der Waals surface area contributed by atoms with Gasteiger partial charge in [0.2, 0.25) is 0 Å². The van der Waals surface area contributed by atoms with Crippen LogP contribution in [0, 0.1) is 11.6 Å². The maximum Gasteiger partial charge on any atom is 0.127 e. The molecule has 0 aromatic heterocycles. The molecule has 0 spiro atoms. The number of alkyl halides is 1. The van der Waals surface area contributed by atoms with Crippen molar-refractivity contribution in [1.82, 2.24) is 4.90 Å². The zero-order valence-corrected chi connectivity index (χ0v) is 9.68. The normalized spacial score (nSPS) is 22.3. The summed E-state index contributed by atoms with van der Waals surface area (Å²) in [5, 5.41) is 0.130. The first kappa shape index (κ1) is 11.8. The fraction of sp³-hybridized carbons (Fsp3) is 0.500. The predicted octanol–water partition coefficient (Wildman–Crippen LogP) is 3.17. The topological polar surface area (TPSA) is 3.24 Å². The summed E-state index contributed by atoms with van der Waals surface area (Å²) in [7, 11) is 0. The molecule has 1 aromatic rings. The molecule has 1 heterocycles. The summed E-state index contributed by atoms with van der Waals surface area (Å²) in [6.45, 7) is 2.09. The molecule has 2 rings (SSSR count). The fourth-order valence-electron chi connectivity index (χ4n) is 2.05. The summed E-state index contributed by atoms with van der Waals surface area (Å²) in [5.41, 5.74) is 0.408. The second-order valence-corrected chi connectivity index (χ2v) is 4.83. The number of rotatable bonds is 2. The summed E-state index contributed by atoms with van der Waals surface area (Å²) in [4.78, 5) is 2.07. The van der Waals surface area contributed by atoms with Crippen LogP contribution in [0.1, 0.15) is 18.4 Å². The highest BCUT2D eigenvalue weighted by Crippen LogP contribution is 2.19. The third-order valence-corrected chi connectivity index (χ3v) is 3.21. The SMILES string of the molecule is Fc1ccc(F)c(CN2CCCC(Cl)C2)c1. The molecule has 0 N–H and O–H groups in total. The summed E-state index contributed by atoms with van der Waals surface area (Å²) in [6.07, 6.45) is 2.02. The summed E-state index contributed by atoms with van der Waals surface area (Å²) >= 11 is 6.04. The highest BCUT2D eigenvalue weighted by molar-refractivity contribution is 6.20. The van der Waals surface area contributed by atoms with E-state index in [2.05, 4.69) is 4.90 Å². The molecule has 1 fully saturated rings. The van der Waals surface area contributed by atoms with Gasteiger partial charge >= 0.3 is 0 Å². The van der Waals surface area contributed by atoms with Crippen molar-refractivity contribution in [2.24, 2.45) is 0 Å². The molecular weight excluding hydrogens is 232 g/mol. The first-order valence-electron chi connectivity index (χ1n) is 5.45. The average molecular weight is 246 g/mol. The van der Waals surface area contributed by atoms with Crippen molar-refractivity contribution in [2.45, 2.75) is 24.8 Å². The highest BCUT2D eigenvalue weighted by atomic mass is 35.5. The van der Waals surface area contributed by atoms with Crippen molar-refractivity contribution in [3.8, 4) is 0 Å². The van der Waals surface area contributed by atoms with Gasteiger partial charge in [-0.1, -0.05) is 0 Å². The summed E-state index contributed by atoms with van der Waals surface area (Å²) in [5.74, 6) is -0.742. The van der Waals surface area contributed by atoms with Crippen molar-refractivity contribution in [3.63, 3.8) is 0 Å². The molecule has 1 aliphatic heterocycles. The molecule has 0 aliphatic carbocycles. The van der Waals surface area contributed by atoms with E-state index in [0.29, 0.717) is 12.1 Å². The van der Waals surface area contributed by atoms with Crippen LogP contribution in [-0.4, -0.2) is 23.4 Å². The van der Waals surface area contributed by atoms with Crippen molar-refractivity contribution < 1.29 is 8.78 Å². The second kappa shape index (κ2) is 5.11. The zero-order chi connectivity index (χ0) is 11.5. The van der Waals surface area contributed by atoms with Gasteiger partial charge in [-0.3, -0.25) is 4.90 Å². The molecule has 0 amide bonds. The lowest BCUT2D eigenvalue weighted by Gasteiger charge is -2.29. The fourth-order valence-corrected chi connectivity index (χ4v) is 2.40. The predicted molar refractivity (Wildman–Crippen MR) is 60.5 cm³/mol. The van der Waals surface area contributed by atoms with E-state index < -0.39 is 5.82 Å². The largest absolute Gasteiger partial charge is 0.298 e. The second-order valence-electron chi connectivity index (χ2n) is 4.21. The van der Waals surface area contributed by atoms with Crippen LogP contribution in [0.5, 0.6) is 0 Å². The van der Waals surface area contributed by atoms with E-state index in [9.17, 15) is 8.78 Å². The molecule has 0 radical (unpaired) electrons. The molecule has 4 heteroatoms. The number of halogens is 3. The lowest BCUT2D eigenvalue weighted by atomic mass is 10.1. The van der Waals surface area contributed by atoms with Gasteiger partial charge in [0.25, 0.3) is 0 Å². The van der Waals surface area contributed by atoms with Crippen LogP contribution in [0.4, 0.5) is 8.78 Å². The van der Waals surface area contributed by atoms with Gasteiger partial charge in [-0.15, -0.1) is 11.6 Å². The molecular formula is C12H14ClF2N. The lowest BCUT2D eigenvalue weighted by molar-refractivity contribution is 0.221. The lowest BCUT2D eigenvalue weighted by Crippen LogP contribution is -2.35. The standard InChI is InChI=1S/C12H14ClF2N/c13-10-2-1-5-16(8-10)7-9-6-11(14)3-4-12(9)15/h3-4,6,10H,1-2,5,7-8H2. The Morgan fingerprint density at radius 3 is 2.94 bits per heavy atom. The Morgan fingerprint density at radius 2 is 2.19 bits per heavy atom. The third kappa shape index (κ3) is 2.92. The third-order valence-electron chi connectivity index (χ3n) is 2.85. The van der Waals surface area contributed by atoms with Crippen LogP contribution >= 0.6 is 11.6 Å². The number of benzene rings is 1. The highest BCUT2D eigenvalue weighted by Gasteiger charge is 2.18. The minimum absolute atomic E-state index is 0.130. The summed E-state index contributed by atoms with van der Waals surface area (Å²) in [6, 6.07) is 3.57. The monoisotopic (exact) mass is 245 g/mol. The first-order valence-corrected chi connectivity index (χ1v) is 5.89. The Kier molecular flexibility index (Phi) is 3.77. The van der Waals surface area contributed by atoms with Gasteiger partial charge < -0.3 is 0 Å². The van der Waals surface area contributed by atoms with E-state index in [-0.39, 0.29) is 11.2 Å². The van der Waals surface area contributed by atoms with E-state index in [4.69, 9.17) is 11.6 Å². The maximum absolute atomic E-state index is 13.4. The molecule has 1 aliphatic rings. The Balaban J connectivity index is 2.05. The van der Waals surface area contributed by atoms with Gasteiger partial charge in [-0.05, 0) is 37.6 Å². The van der Waals surface area contributed by atoms with E-state index >= 15 is 0 Å². The summed E-state index contributed by atoms with van der Waals surface area (Å²) < 4.78 is 26.4. The molecule has 88 valence electrons. The number of nitrogens with zero attached hydrogens (tertiary/aromatic N) is 1. The van der Waals surface area contributed by atoms with Crippen LogP contribution in [0.15, 0.2) is 18.2 Å². The zero-order valence-electron chi connectivity index (χ0n) is 8.93. The number of piperidine rings is 1. The van der Waals surface area contributed by atoms with Crippen LogP contribution < -0.4 is 0 Å². The van der Waals surface area contributed by atoms with Crippen LogP contribution in [0.25, 0.3) is 0 Å². The van der Waals surface area contributed by atoms with E-state index in [1.165, 1.54) is 12.1 Å². The van der Waals surface area contributed by atoms with Gasteiger partial charge in [-0.2, -0.15) is 0 Å². The smallest absolute Gasteiger partial charge is 0.127 e. The Hall–Kier alpha value is -0.670. The molecule has 1 saturated heterocycles. The first-order chi connectivity index (χ1) is 7.65. The van der Waals surface area contributed by atoms with Gasteiger partial charge in [0.05, 0.1) is 0 Å². The van der Waals surface area contributed by atoms with Crippen molar-refractivity contribution in [2.75, 3.05) is 13.1 Å². The molecule has 1 atom stereocenters. The number of hydrogen-bond donors (Lipinski definition) is 0. The Morgan fingerprint density at radius 1 is 1.38 bits per heavy atom. The van der Waals surface area contributed by atoms with Gasteiger partial charge in [0.15, 0.2) is 0 Å². The number of likely N-dealkylation sites (tertiary alicyclic amines) is 1.